The number of nitrogens with zero attached hydrogens (tertiary/aromatic N) is 3. The Hall–Kier alpha value is -2.96. The van der Waals surface area contributed by atoms with Gasteiger partial charge in [-0.1, -0.05) is 11.6 Å². The van der Waals surface area contributed by atoms with Gasteiger partial charge < -0.3 is 19.5 Å². The van der Waals surface area contributed by atoms with Crippen molar-refractivity contribution >= 4 is 34.7 Å². The van der Waals surface area contributed by atoms with E-state index < -0.39 is 0 Å². The van der Waals surface area contributed by atoms with E-state index in [1.807, 2.05) is 47.4 Å². The molecule has 0 spiro atoms. The van der Waals surface area contributed by atoms with Gasteiger partial charge in [0.2, 0.25) is 0 Å². The molecule has 0 aliphatic carbocycles. The Morgan fingerprint density at radius 1 is 1.00 bits per heavy atom. The summed E-state index contributed by atoms with van der Waals surface area (Å²) in [4.78, 5) is 19.5. The average molecular weight is 437 g/mol. The summed E-state index contributed by atoms with van der Waals surface area (Å²) in [5, 5.41) is 3.78. The molecule has 7 heteroatoms. The van der Waals surface area contributed by atoms with Crippen LogP contribution in [0.25, 0.3) is 11.3 Å². The number of benzene rings is 2. The second-order valence-corrected chi connectivity index (χ2v) is 8.52. The van der Waals surface area contributed by atoms with Gasteiger partial charge in [0.25, 0.3) is 0 Å². The summed E-state index contributed by atoms with van der Waals surface area (Å²) in [5.74, 6) is 0.805. The molecule has 1 N–H and O–H groups in total. The molecular weight excluding hydrogens is 412 g/mol. The van der Waals surface area contributed by atoms with Gasteiger partial charge in [0.1, 0.15) is 5.76 Å². The molecule has 0 unspecified atom stereocenters. The van der Waals surface area contributed by atoms with Crippen molar-refractivity contribution in [1.29, 1.82) is 0 Å². The maximum Gasteiger partial charge on any atom is 0.326 e. The lowest BCUT2D eigenvalue weighted by Gasteiger charge is -2.35. The number of nitrogens with one attached hydrogen (secondary N) is 1. The Morgan fingerprint density at radius 3 is 2.48 bits per heavy atom. The van der Waals surface area contributed by atoms with Crippen molar-refractivity contribution in [2.75, 3.05) is 54.9 Å². The lowest BCUT2D eigenvalue weighted by molar-refractivity contribution is 0.257. The normalized spacial score (nSPS) is 16.5. The van der Waals surface area contributed by atoms with E-state index in [0.717, 1.165) is 71.6 Å². The van der Waals surface area contributed by atoms with E-state index in [4.69, 9.17) is 16.0 Å². The molecule has 2 aromatic carbocycles. The first-order chi connectivity index (χ1) is 15.1. The number of hydrogen-bond donors (Lipinski definition) is 1. The Kier molecular flexibility index (Phi) is 5.34. The van der Waals surface area contributed by atoms with Crippen molar-refractivity contribution in [3.8, 4) is 11.3 Å². The number of carbonyl (C=O) groups excluding carboxylic acids is 1. The molecule has 0 bridgehead atoms. The fourth-order valence-corrected chi connectivity index (χ4v) is 4.55. The maximum atomic E-state index is 13.0. The molecule has 5 rings (SSSR count). The van der Waals surface area contributed by atoms with Crippen LogP contribution in [0.1, 0.15) is 5.56 Å². The van der Waals surface area contributed by atoms with Crippen molar-refractivity contribution < 1.29 is 9.21 Å². The second-order valence-electron chi connectivity index (χ2n) is 8.11. The highest BCUT2D eigenvalue weighted by molar-refractivity contribution is 6.33. The predicted octanol–water partition coefficient (Wildman–Crippen LogP) is 4.95. The summed E-state index contributed by atoms with van der Waals surface area (Å²) in [5.41, 5.74) is 4.80. The zero-order valence-electron chi connectivity index (χ0n) is 17.5. The zero-order chi connectivity index (χ0) is 21.4. The molecule has 0 saturated carbocycles. The fraction of sp³-hybridized carbons (Fsp3) is 0.292. The minimum absolute atomic E-state index is 0.129. The smallest absolute Gasteiger partial charge is 0.326 e. The summed E-state index contributed by atoms with van der Waals surface area (Å²) in [6, 6.07) is 15.4. The number of anilines is 3. The van der Waals surface area contributed by atoms with E-state index in [2.05, 4.69) is 28.2 Å². The highest BCUT2D eigenvalue weighted by Gasteiger charge is 2.28. The molecule has 0 atom stereocenters. The third-order valence-corrected chi connectivity index (χ3v) is 6.38. The van der Waals surface area contributed by atoms with Crippen LogP contribution >= 0.6 is 11.6 Å². The first-order valence-electron chi connectivity index (χ1n) is 10.6. The van der Waals surface area contributed by atoms with E-state index in [0.29, 0.717) is 6.54 Å². The Morgan fingerprint density at radius 2 is 1.77 bits per heavy atom. The lowest BCUT2D eigenvalue weighted by atomic mass is 10.1. The van der Waals surface area contributed by atoms with Gasteiger partial charge in [-0.2, -0.15) is 0 Å². The van der Waals surface area contributed by atoms with Crippen LogP contribution in [0, 0.1) is 0 Å². The van der Waals surface area contributed by atoms with E-state index in [9.17, 15) is 4.79 Å². The Balaban J connectivity index is 1.33. The van der Waals surface area contributed by atoms with Crippen molar-refractivity contribution in [3.05, 3.63) is 65.4 Å². The third kappa shape index (κ3) is 4.01. The third-order valence-electron chi connectivity index (χ3n) is 6.07. The van der Waals surface area contributed by atoms with Crippen LogP contribution in [0.5, 0.6) is 0 Å². The van der Waals surface area contributed by atoms with Crippen molar-refractivity contribution in [2.24, 2.45) is 0 Å². The van der Waals surface area contributed by atoms with Gasteiger partial charge in [-0.05, 0) is 67.6 Å². The molecule has 31 heavy (non-hydrogen) atoms. The minimum Gasteiger partial charge on any atom is -0.464 e. The standard InChI is InChI=1S/C24H25ClN4O2/c1-27-10-12-28(13-11-27)22-16-21-18(15-20(22)25)8-9-29(21)24(30)26-19-6-4-17(5-7-19)23-3-2-14-31-23/h2-7,14-16H,8-13H2,1H3,(H,26,30). The topological polar surface area (TPSA) is 52.0 Å². The monoisotopic (exact) mass is 436 g/mol. The van der Waals surface area contributed by atoms with E-state index in [1.54, 1.807) is 6.26 Å². The number of carbonyl (C=O) groups is 1. The van der Waals surface area contributed by atoms with Gasteiger partial charge in [0.15, 0.2) is 0 Å². The van der Waals surface area contributed by atoms with Crippen LogP contribution in [0.15, 0.2) is 59.2 Å². The molecule has 1 fully saturated rings. The molecule has 160 valence electrons. The number of amides is 2. The summed E-state index contributed by atoms with van der Waals surface area (Å²) in [7, 11) is 2.13. The Bertz CT molecular complexity index is 1070. The molecular formula is C24H25ClN4O2. The summed E-state index contributed by atoms with van der Waals surface area (Å²) >= 11 is 6.61. The number of furan rings is 1. The van der Waals surface area contributed by atoms with Crippen molar-refractivity contribution in [1.82, 2.24) is 4.90 Å². The molecule has 3 heterocycles. The SMILES string of the molecule is CN1CCN(c2cc3c(cc2Cl)CCN3C(=O)Nc2ccc(-c3ccco3)cc2)CC1. The Labute approximate surface area is 187 Å². The summed E-state index contributed by atoms with van der Waals surface area (Å²) < 4.78 is 5.42. The van der Waals surface area contributed by atoms with E-state index >= 15 is 0 Å². The number of rotatable bonds is 3. The highest BCUT2D eigenvalue weighted by atomic mass is 35.5. The largest absolute Gasteiger partial charge is 0.464 e. The second kappa shape index (κ2) is 8.29. The van der Waals surface area contributed by atoms with Crippen LogP contribution in [-0.2, 0) is 6.42 Å². The minimum atomic E-state index is -0.129. The van der Waals surface area contributed by atoms with Crippen molar-refractivity contribution in [3.63, 3.8) is 0 Å². The highest BCUT2D eigenvalue weighted by Crippen LogP contribution is 2.38. The first-order valence-corrected chi connectivity index (χ1v) is 10.9. The van der Waals surface area contributed by atoms with Crippen LogP contribution < -0.4 is 15.1 Å². The molecule has 2 amide bonds. The van der Waals surface area contributed by atoms with Crippen LogP contribution in [-0.4, -0.2) is 50.7 Å². The zero-order valence-corrected chi connectivity index (χ0v) is 18.2. The van der Waals surface area contributed by atoms with Gasteiger partial charge >= 0.3 is 6.03 Å². The van der Waals surface area contributed by atoms with Gasteiger partial charge in [-0.3, -0.25) is 4.90 Å². The van der Waals surface area contributed by atoms with Gasteiger partial charge in [0, 0.05) is 44.0 Å². The van der Waals surface area contributed by atoms with Crippen LogP contribution in [0.4, 0.5) is 21.9 Å². The number of fused-ring (bicyclic) bond motifs is 1. The maximum absolute atomic E-state index is 13.0. The molecule has 2 aliphatic heterocycles. The predicted molar refractivity (Wildman–Crippen MR) is 125 cm³/mol. The van der Waals surface area contributed by atoms with Gasteiger partial charge in [-0.15, -0.1) is 0 Å². The number of halogens is 1. The molecule has 3 aromatic rings. The molecule has 1 aromatic heterocycles. The van der Waals surface area contributed by atoms with Gasteiger partial charge in [0.05, 0.1) is 22.7 Å². The van der Waals surface area contributed by atoms with Crippen LogP contribution in [0.3, 0.4) is 0 Å². The number of likely N-dealkylation sites (N-methyl/N-ethyl adjacent to an activating group) is 1. The average Bonchev–Trinajstić information content (AvgIpc) is 3.44. The molecule has 0 radical (unpaired) electrons. The summed E-state index contributed by atoms with van der Waals surface area (Å²) in [6.45, 7) is 4.53. The number of urea groups is 1. The lowest BCUT2D eigenvalue weighted by Crippen LogP contribution is -2.44. The summed E-state index contributed by atoms with van der Waals surface area (Å²) in [6.07, 6.45) is 2.46. The van der Waals surface area contributed by atoms with Crippen molar-refractivity contribution in [2.45, 2.75) is 6.42 Å². The number of hydrogen-bond acceptors (Lipinski definition) is 4. The van der Waals surface area contributed by atoms with Crippen LogP contribution in [0.2, 0.25) is 5.02 Å². The fourth-order valence-electron chi connectivity index (χ4n) is 4.25. The van der Waals surface area contributed by atoms with Gasteiger partial charge in [-0.25, -0.2) is 4.79 Å². The number of piperazine rings is 1. The molecule has 2 aliphatic rings. The molecule has 1 saturated heterocycles. The van der Waals surface area contributed by atoms with E-state index in [1.165, 1.54) is 0 Å². The van der Waals surface area contributed by atoms with E-state index in [-0.39, 0.29) is 6.03 Å². The first kappa shape index (κ1) is 20.0. The quantitative estimate of drug-likeness (QED) is 0.631. The molecule has 6 nitrogen and oxygen atoms in total.